The summed E-state index contributed by atoms with van der Waals surface area (Å²) in [4.78, 5) is 25.7. The fourth-order valence-corrected chi connectivity index (χ4v) is 3.26. The summed E-state index contributed by atoms with van der Waals surface area (Å²) < 4.78 is 0. The van der Waals surface area contributed by atoms with Gasteiger partial charge >= 0.3 is 6.03 Å². The molecule has 132 valence electrons. The van der Waals surface area contributed by atoms with E-state index in [-0.39, 0.29) is 6.03 Å². The number of aryl methyl sites for hydroxylation is 3. The molecule has 0 fully saturated rings. The van der Waals surface area contributed by atoms with Crippen molar-refractivity contribution in [1.29, 1.82) is 0 Å². The van der Waals surface area contributed by atoms with Crippen molar-refractivity contribution in [1.82, 2.24) is 14.9 Å². The zero-order chi connectivity index (χ0) is 18.1. The van der Waals surface area contributed by atoms with E-state index in [4.69, 9.17) is 0 Å². The van der Waals surface area contributed by atoms with Gasteiger partial charge in [0.2, 0.25) is 0 Å². The molecule has 0 spiro atoms. The van der Waals surface area contributed by atoms with Crippen LogP contribution in [0.1, 0.15) is 28.2 Å². The van der Waals surface area contributed by atoms with Crippen molar-refractivity contribution in [3.8, 4) is 0 Å². The SMILES string of the molecule is Cc1nc2c(c(N(C)C)n1)CN(C(=O)Nc1c(C)cccc1C)CC2. The lowest BCUT2D eigenvalue weighted by atomic mass is 10.1. The Hall–Kier alpha value is -2.63. The van der Waals surface area contributed by atoms with Crippen LogP contribution in [0.4, 0.5) is 16.3 Å². The molecule has 2 aromatic rings. The van der Waals surface area contributed by atoms with E-state index in [2.05, 4.69) is 15.3 Å². The number of hydrogen-bond acceptors (Lipinski definition) is 4. The molecule has 0 saturated carbocycles. The fraction of sp³-hybridized carbons (Fsp3) is 0.421. The summed E-state index contributed by atoms with van der Waals surface area (Å²) in [6.07, 6.45) is 0.750. The number of urea groups is 1. The molecule has 0 aliphatic carbocycles. The summed E-state index contributed by atoms with van der Waals surface area (Å²) in [5.74, 6) is 1.67. The Bertz CT molecular complexity index is 795. The van der Waals surface area contributed by atoms with Crippen LogP contribution in [-0.4, -0.2) is 41.5 Å². The van der Waals surface area contributed by atoms with Crippen LogP contribution in [0.25, 0.3) is 0 Å². The van der Waals surface area contributed by atoms with E-state index in [0.717, 1.165) is 46.1 Å². The van der Waals surface area contributed by atoms with E-state index < -0.39 is 0 Å². The number of carbonyl (C=O) groups excluding carboxylic acids is 1. The number of benzene rings is 1. The first-order valence-electron chi connectivity index (χ1n) is 8.52. The van der Waals surface area contributed by atoms with Crippen molar-refractivity contribution in [2.45, 2.75) is 33.7 Å². The number of anilines is 2. The minimum Gasteiger partial charge on any atom is -0.362 e. The van der Waals surface area contributed by atoms with Gasteiger partial charge in [0, 0.05) is 38.3 Å². The van der Waals surface area contributed by atoms with E-state index in [9.17, 15) is 4.79 Å². The van der Waals surface area contributed by atoms with Gasteiger partial charge in [0.15, 0.2) is 0 Å². The molecule has 3 rings (SSSR count). The van der Waals surface area contributed by atoms with Crippen LogP contribution in [-0.2, 0) is 13.0 Å². The Morgan fingerprint density at radius 2 is 1.84 bits per heavy atom. The summed E-state index contributed by atoms with van der Waals surface area (Å²) in [6.45, 7) is 7.12. The van der Waals surface area contributed by atoms with Crippen LogP contribution in [0.15, 0.2) is 18.2 Å². The smallest absolute Gasteiger partial charge is 0.322 e. The van der Waals surface area contributed by atoms with Gasteiger partial charge in [-0.05, 0) is 31.9 Å². The quantitative estimate of drug-likeness (QED) is 0.913. The number of carbonyl (C=O) groups is 1. The van der Waals surface area contributed by atoms with E-state index >= 15 is 0 Å². The number of amides is 2. The maximum absolute atomic E-state index is 12.8. The highest BCUT2D eigenvalue weighted by Crippen LogP contribution is 2.27. The van der Waals surface area contributed by atoms with Crippen LogP contribution in [0, 0.1) is 20.8 Å². The van der Waals surface area contributed by atoms with Gasteiger partial charge in [0.1, 0.15) is 11.6 Å². The Balaban J connectivity index is 1.84. The Morgan fingerprint density at radius 3 is 2.48 bits per heavy atom. The Kier molecular flexibility index (Phi) is 4.61. The van der Waals surface area contributed by atoms with Crippen molar-refractivity contribution >= 4 is 17.5 Å². The molecule has 1 aliphatic heterocycles. The lowest BCUT2D eigenvalue weighted by Crippen LogP contribution is -2.40. The fourth-order valence-electron chi connectivity index (χ4n) is 3.26. The molecule has 6 heteroatoms. The van der Waals surface area contributed by atoms with Crippen LogP contribution in [0.2, 0.25) is 0 Å². The molecule has 0 saturated heterocycles. The lowest BCUT2D eigenvalue weighted by molar-refractivity contribution is 0.206. The minimum absolute atomic E-state index is 0.0756. The summed E-state index contributed by atoms with van der Waals surface area (Å²) in [7, 11) is 3.94. The third-order valence-corrected chi connectivity index (χ3v) is 4.57. The third-order valence-electron chi connectivity index (χ3n) is 4.57. The van der Waals surface area contributed by atoms with E-state index in [0.29, 0.717) is 13.1 Å². The molecule has 0 radical (unpaired) electrons. The molecule has 2 heterocycles. The average Bonchev–Trinajstić information content (AvgIpc) is 2.56. The van der Waals surface area contributed by atoms with Gasteiger partial charge < -0.3 is 15.1 Å². The Labute approximate surface area is 148 Å². The van der Waals surface area contributed by atoms with Gasteiger partial charge in [-0.15, -0.1) is 0 Å². The predicted molar refractivity (Wildman–Crippen MR) is 100 cm³/mol. The molecule has 0 bridgehead atoms. The minimum atomic E-state index is -0.0756. The van der Waals surface area contributed by atoms with Gasteiger partial charge in [-0.2, -0.15) is 0 Å². The number of nitrogens with one attached hydrogen (secondary N) is 1. The second-order valence-corrected chi connectivity index (χ2v) is 6.78. The monoisotopic (exact) mass is 339 g/mol. The number of nitrogens with zero attached hydrogens (tertiary/aromatic N) is 4. The maximum Gasteiger partial charge on any atom is 0.322 e. The summed E-state index contributed by atoms with van der Waals surface area (Å²) in [5.41, 5.74) is 5.12. The van der Waals surface area contributed by atoms with Crippen LogP contribution in [0.5, 0.6) is 0 Å². The second-order valence-electron chi connectivity index (χ2n) is 6.78. The normalized spacial score (nSPS) is 13.4. The van der Waals surface area contributed by atoms with Crippen molar-refractivity contribution < 1.29 is 4.79 Å². The van der Waals surface area contributed by atoms with Gasteiger partial charge in [-0.25, -0.2) is 14.8 Å². The number of fused-ring (bicyclic) bond motifs is 1. The first kappa shape index (κ1) is 17.2. The van der Waals surface area contributed by atoms with Gasteiger partial charge in [0.25, 0.3) is 0 Å². The molecule has 0 atom stereocenters. The first-order chi connectivity index (χ1) is 11.9. The van der Waals surface area contributed by atoms with Crippen LogP contribution >= 0.6 is 0 Å². The lowest BCUT2D eigenvalue weighted by Gasteiger charge is -2.31. The van der Waals surface area contributed by atoms with Crippen LogP contribution < -0.4 is 10.2 Å². The molecule has 2 amide bonds. The molecule has 6 nitrogen and oxygen atoms in total. The molecule has 1 N–H and O–H groups in total. The van der Waals surface area contributed by atoms with Crippen molar-refractivity contribution in [3.05, 3.63) is 46.4 Å². The van der Waals surface area contributed by atoms with E-state index in [1.807, 2.05) is 62.9 Å². The molecule has 1 aliphatic rings. The first-order valence-corrected chi connectivity index (χ1v) is 8.52. The molecule has 0 unspecified atom stereocenters. The summed E-state index contributed by atoms with van der Waals surface area (Å²) >= 11 is 0. The zero-order valence-electron chi connectivity index (χ0n) is 15.6. The van der Waals surface area contributed by atoms with Crippen molar-refractivity contribution in [3.63, 3.8) is 0 Å². The topological polar surface area (TPSA) is 61.4 Å². The Morgan fingerprint density at radius 1 is 1.16 bits per heavy atom. The highest BCUT2D eigenvalue weighted by atomic mass is 16.2. The molecule has 25 heavy (non-hydrogen) atoms. The van der Waals surface area contributed by atoms with E-state index in [1.54, 1.807) is 0 Å². The molecular formula is C19H25N5O. The second kappa shape index (κ2) is 6.70. The molecule has 1 aromatic heterocycles. The van der Waals surface area contributed by atoms with Gasteiger partial charge in [-0.1, -0.05) is 18.2 Å². The molecule has 1 aromatic carbocycles. The summed E-state index contributed by atoms with van der Waals surface area (Å²) in [5, 5.41) is 3.07. The standard InChI is InChI=1S/C19H25N5O/c1-12-7-6-8-13(2)17(12)22-19(25)24-10-9-16-15(11-24)18(23(4)5)21-14(3)20-16/h6-8H,9-11H2,1-5H3,(H,22,25). The number of rotatable bonds is 2. The molecular weight excluding hydrogens is 314 g/mol. The maximum atomic E-state index is 12.8. The van der Waals surface area contributed by atoms with Crippen LogP contribution in [0.3, 0.4) is 0 Å². The zero-order valence-corrected chi connectivity index (χ0v) is 15.6. The highest BCUT2D eigenvalue weighted by molar-refractivity contribution is 5.91. The van der Waals surface area contributed by atoms with Gasteiger partial charge in [-0.3, -0.25) is 0 Å². The third kappa shape index (κ3) is 3.43. The van der Waals surface area contributed by atoms with Crippen molar-refractivity contribution in [2.24, 2.45) is 0 Å². The largest absolute Gasteiger partial charge is 0.362 e. The average molecular weight is 339 g/mol. The summed E-state index contributed by atoms with van der Waals surface area (Å²) in [6, 6.07) is 5.94. The van der Waals surface area contributed by atoms with Gasteiger partial charge in [0.05, 0.1) is 12.2 Å². The predicted octanol–water partition coefficient (Wildman–Crippen LogP) is 3.06. The van der Waals surface area contributed by atoms with E-state index in [1.165, 1.54) is 0 Å². The number of hydrogen-bond donors (Lipinski definition) is 1. The van der Waals surface area contributed by atoms with Crippen molar-refractivity contribution in [2.75, 3.05) is 30.9 Å². The number of para-hydroxylation sites is 1. The number of aromatic nitrogens is 2. The highest BCUT2D eigenvalue weighted by Gasteiger charge is 2.26.